The van der Waals surface area contributed by atoms with Gasteiger partial charge in [-0.1, -0.05) is 6.07 Å². The van der Waals surface area contributed by atoms with Crippen molar-refractivity contribution in [2.45, 2.75) is 25.6 Å². The summed E-state index contributed by atoms with van der Waals surface area (Å²) >= 11 is 0. The molecule has 0 bridgehead atoms. The lowest BCUT2D eigenvalue weighted by atomic mass is 9.84. The Morgan fingerprint density at radius 3 is 2.24 bits per heavy atom. The molecule has 1 N–H and O–H groups in total. The maximum Gasteiger partial charge on any atom is 0.269 e. The summed E-state index contributed by atoms with van der Waals surface area (Å²) in [5, 5.41) is 13.5. The zero-order valence-electron chi connectivity index (χ0n) is 13.6. The van der Waals surface area contributed by atoms with Gasteiger partial charge in [-0.15, -0.1) is 0 Å². The molecule has 0 radical (unpaired) electrons. The van der Waals surface area contributed by atoms with Gasteiger partial charge in [0.1, 0.15) is 6.04 Å². The first kappa shape index (κ1) is 18.2. The molecule has 1 heterocycles. The lowest BCUT2D eigenvalue weighted by Crippen LogP contribution is -2.48. The molecule has 1 unspecified atom stereocenters. The van der Waals surface area contributed by atoms with Crippen LogP contribution in [-0.2, 0) is 9.59 Å². The normalized spacial score (nSPS) is 12.3. The quantitative estimate of drug-likeness (QED) is 0.470. The molecule has 0 saturated heterocycles. The minimum atomic E-state index is -2.80. The number of nitrogens with zero attached hydrogens (tertiary/aromatic N) is 2. The molecule has 0 aliphatic carbocycles. The Hall–Kier alpha value is -3.16. The smallest absolute Gasteiger partial charge is 0.269 e. The van der Waals surface area contributed by atoms with Crippen LogP contribution in [0.2, 0.25) is 0 Å². The number of nitrogens with one attached hydrogen (secondary N) is 1. The minimum Gasteiger partial charge on any atom is -0.374 e. The van der Waals surface area contributed by atoms with Crippen LogP contribution >= 0.6 is 0 Å². The number of hydrogen-bond acceptors (Lipinski definition) is 6. The fourth-order valence-corrected chi connectivity index (χ4v) is 2.46. The van der Waals surface area contributed by atoms with Crippen molar-refractivity contribution in [3.63, 3.8) is 0 Å². The van der Waals surface area contributed by atoms with Gasteiger partial charge in [0.05, 0.1) is 4.92 Å². The van der Waals surface area contributed by atoms with Gasteiger partial charge in [0.25, 0.3) is 5.69 Å². The molecule has 8 heteroatoms. The summed E-state index contributed by atoms with van der Waals surface area (Å²) in [6.07, 6.45) is 2.83. The van der Waals surface area contributed by atoms with Crippen molar-refractivity contribution in [2.24, 2.45) is 0 Å². The van der Waals surface area contributed by atoms with Gasteiger partial charge in [0.2, 0.25) is 5.67 Å². The van der Waals surface area contributed by atoms with Gasteiger partial charge in [-0.2, -0.15) is 0 Å². The highest BCUT2D eigenvalue weighted by molar-refractivity contribution is 6.09. The number of anilines is 1. The number of Topliss-reactive ketones (excluding diaryl/α,β-unsaturated/α-hetero) is 2. The van der Waals surface area contributed by atoms with Crippen LogP contribution in [0.1, 0.15) is 25.5 Å². The van der Waals surface area contributed by atoms with E-state index in [0.29, 0.717) is 11.3 Å². The average molecular weight is 345 g/mol. The summed E-state index contributed by atoms with van der Waals surface area (Å²) in [4.78, 5) is 37.9. The number of pyridine rings is 1. The molecule has 0 fully saturated rings. The first-order valence-corrected chi connectivity index (χ1v) is 7.38. The van der Waals surface area contributed by atoms with E-state index in [1.54, 1.807) is 6.07 Å². The van der Waals surface area contributed by atoms with Crippen LogP contribution in [0.5, 0.6) is 0 Å². The lowest BCUT2D eigenvalue weighted by Gasteiger charge is -2.31. The maximum atomic E-state index is 15.4. The van der Waals surface area contributed by atoms with Gasteiger partial charge >= 0.3 is 0 Å². The molecular weight excluding hydrogens is 329 g/mol. The molecule has 7 nitrogen and oxygen atoms in total. The first-order valence-electron chi connectivity index (χ1n) is 7.38. The second-order valence-corrected chi connectivity index (χ2v) is 5.49. The number of ketones is 2. The lowest BCUT2D eigenvalue weighted by molar-refractivity contribution is -0.384. The molecule has 130 valence electrons. The van der Waals surface area contributed by atoms with E-state index < -0.39 is 28.2 Å². The number of rotatable bonds is 7. The second kappa shape index (κ2) is 7.16. The number of nitro benzene ring substituents is 1. The SMILES string of the molecule is CC(=O)C(F)(C(C)=O)C(Nc1ccc([N+](=O)[O-])cc1)c1cccnc1. The van der Waals surface area contributed by atoms with Crippen molar-refractivity contribution < 1.29 is 18.9 Å². The molecule has 0 saturated carbocycles. The second-order valence-electron chi connectivity index (χ2n) is 5.49. The number of nitro groups is 1. The Morgan fingerprint density at radius 1 is 1.20 bits per heavy atom. The number of carbonyl (C=O) groups is 2. The number of benzene rings is 1. The van der Waals surface area contributed by atoms with Crippen molar-refractivity contribution in [3.8, 4) is 0 Å². The Bertz CT molecular complexity index is 779. The van der Waals surface area contributed by atoms with E-state index in [1.165, 1.54) is 42.7 Å². The largest absolute Gasteiger partial charge is 0.374 e. The average Bonchev–Trinajstić information content (AvgIpc) is 2.59. The van der Waals surface area contributed by atoms with E-state index in [4.69, 9.17) is 0 Å². The van der Waals surface area contributed by atoms with Crippen LogP contribution in [0.25, 0.3) is 0 Å². The number of non-ortho nitro benzene ring substituents is 1. The monoisotopic (exact) mass is 345 g/mol. The summed E-state index contributed by atoms with van der Waals surface area (Å²) in [6, 6.07) is 7.01. The molecule has 2 aromatic rings. The van der Waals surface area contributed by atoms with Crippen molar-refractivity contribution in [1.82, 2.24) is 4.98 Å². The van der Waals surface area contributed by atoms with Crippen LogP contribution in [0.3, 0.4) is 0 Å². The molecule has 1 aromatic heterocycles. The highest BCUT2D eigenvalue weighted by Crippen LogP contribution is 2.35. The third-order valence-corrected chi connectivity index (χ3v) is 3.83. The Labute approximate surface area is 143 Å². The number of hydrogen-bond donors (Lipinski definition) is 1. The van der Waals surface area contributed by atoms with Gasteiger partial charge in [0, 0.05) is 30.2 Å². The number of aromatic nitrogens is 1. The van der Waals surface area contributed by atoms with Gasteiger partial charge in [0.15, 0.2) is 11.6 Å². The number of carbonyl (C=O) groups excluding carboxylic acids is 2. The van der Waals surface area contributed by atoms with E-state index in [-0.39, 0.29) is 5.69 Å². The standard InChI is InChI=1S/C17H16FN3O4/c1-11(22)17(18,12(2)23)16(13-4-3-9-19-10-13)20-14-5-7-15(8-6-14)21(24)25/h3-10,16,20H,1-2H3. The number of halogens is 1. The zero-order valence-corrected chi connectivity index (χ0v) is 13.6. The molecule has 1 aromatic carbocycles. The summed E-state index contributed by atoms with van der Waals surface area (Å²) in [7, 11) is 0. The van der Waals surface area contributed by atoms with E-state index in [2.05, 4.69) is 10.3 Å². The highest BCUT2D eigenvalue weighted by atomic mass is 19.1. The van der Waals surface area contributed by atoms with Gasteiger partial charge in [-0.25, -0.2) is 4.39 Å². The molecule has 0 aliphatic rings. The molecular formula is C17H16FN3O4. The number of alkyl halides is 1. The molecule has 0 aliphatic heterocycles. The highest BCUT2D eigenvalue weighted by Gasteiger charge is 2.49. The van der Waals surface area contributed by atoms with E-state index in [1.807, 2.05) is 0 Å². The summed E-state index contributed by atoms with van der Waals surface area (Å²) in [6.45, 7) is 2.00. The predicted molar refractivity (Wildman–Crippen MR) is 88.9 cm³/mol. The van der Waals surface area contributed by atoms with Crippen LogP contribution in [0.4, 0.5) is 15.8 Å². The zero-order chi connectivity index (χ0) is 18.6. The van der Waals surface area contributed by atoms with Crippen LogP contribution in [-0.4, -0.2) is 27.1 Å². The Balaban J connectivity index is 2.47. The van der Waals surface area contributed by atoms with Crippen molar-refractivity contribution in [3.05, 3.63) is 64.5 Å². The van der Waals surface area contributed by atoms with Crippen molar-refractivity contribution >= 4 is 22.9 Å². The van der Waals surface area contributed by atoms with Crippen LogP contribution < -0.4 is 5.32 Å². The summed E-state index contributed by atoms with van der Waals surface area (Å²) in [5.74, 6) is -1.88. The minimum absolute atomic E-state index is 0.131. The summed E-state index contributed by atoms with van der Waals surface area (Å²) in [5.41, 5.74) is -2.31. The van der Waals surface area contributed by atoms with Crippen LogP contribution in [0, 0.1) is 10.1 Å². The predicted octanol–water partition coefficient (Wildman–Crippen LogP) is 3.03. The molecule has 25 heavy (non-hydrogen) atoms. The van der Waals surface area contributed by atoms with Crippen molar-refractivity contribution in [2.75, 3.05) is 5.32 Å². The molecule has 0 amide bonds. The maximum absolute atomic E-state index is 15.4. The topological polar surface area (TPSA) is 102 Å². The Morgan fingerprint density at radius 2 is 1.80 bits per heavy atom. The van der Waals surface area contributed by atoms with Gasteiger partial charge in [-0.3, -0.25) is 24.7 Å². The Kier molecular flexibility index (Phi) is 5.21. The molecule has 0 spiro atoms. The van der Waals surface area contributed by atoms with E-state index in [0.717, 1.165) is 13.8 Å². The molecule has 1 atom stereocenters. The van der Waals surface area contributed by atoms with E-state index >= 15 is 4.39 Å². The third kappa shape index (κ3) is 3.68. The van der Waals surface area contributed by atoms with Crippen LogP contribution in [0.15, 0.2) is 48.8 Å². The fraction of sp³-hybridized carbons (Fsp3) is 0.235. The first-order chi connectivity index (χ1) is 11.8. The third-order valence-electron chi connectivity index (χ3n) is 3.83. The van der Waals surface area contributed by atoms with Crippen molar-refractivity contribution in [1.29, 1.82) is 0 Å². The molecule has 2 rings (SSSR count). The van der Waals surface area contributed by atoms with Gasteiger partial charge in [-0.05, 0) is 37.6 Å². The van der Waals surface area contributed by atoms with Gasteiger partial charge < -0.3 is 5.32 Å². The summed E-state index contributed by atoms with van der Waals surface area (Å²) < 4.78 is 15.4. The fourth-order valence-electron chi connectivity index (χ4n) is 2.46. The van der Waals surface area contributed by atoms with E-state index in [9.17, 15) is 19.7 Å².